The van der Waals surface area contributed by atoms with Gasteiger partial charge in [0, 0.05) is 6.42 Å². The highest BCUT2D eigenvalue weighted by molar-refractivity contribution is 5.42. The summed E-state index contributed by atoms with van der Waals surface area (Å²) in [7, 11) is 0. The summed E-state index contributed by atoms with van der Waals surface area (Å²) in [6.07, 6.45) is 5.56. The quantitative estimate of drug-likeness (QED) is 0.753. The Morgan fingerprint density at radius 3 is 2.90 bits per heavy atom. The number of benzene rings is 1. The molecule has 0 unspecified atom stereocenters. The Labute approximate surface area is 122 Å². The van der Waals surface area contributed by atoms with E-state index in [-0.39, 0.29) is 0 Å². The van der Waals surface area contributed by atoms with Crippen LogP contribution in [0.25, 0.3) is 5.69 Å². The molecular formula is C15H17N5O. The zero-order valence-electron chi connectivity index (χ0n) is 11.9. The van der Waals surface area contributed by atoms with Crippen LogP contribution in [0.15, 0.2) is 47.2 Å². The summed E-state index contributed by atoms with van der Waals surface area (Å²) >= 11 is 0. The lowest BCUT2D eigenvalue weighted by Gasteiger charge is -2.00. The first-order chi connectivity index (χ1) is 10.3. The first kappa shape index (κ1) is 13.4. The van der Waals surface area contributed by atoms with E-state index < -0.39 is 0 Å². The lowest BCUT2D eigenvalue weighted by molar-refractivity contribution is 0.377. The largest absolute Gasteiger partial charge is 0.374 e. The summed E-state index contributed by atoms with van der Waals surface area (Å²) in [5.41, 5.74) is 1.93. The molecule has 0 radical (unpaired) electrons. The fourth-order valence-electron chi connectivity index (χ4n) is 2.00. The number of hydrogen-bond acceptors (Lipinski definition) is 5. The van der Waals surface area contributed by atoms with Crippen molar-refractivity contribution in [1.82, 2.24) is 19.9 Å². The van der Waals surface area contributed by atoms with Crippen LogP contribution in [0.5, 0.6) is 0 Å². The van der Waals surface area contributed by atoms with E-state index in [0.717, 1.165) is 30.0 Å². The number of aryl methyl sites for hydroxylation is 1. The normalized spacial score (nSPS) is 10.7. The molecule has 0 aliphatic carbocycles. The molecule has 0 bridgehead atoms. The Kier molecular flexibility index (Phi) is 3.95. The van der Waals surface area contributed by atoms with E-state index in [9.17, 15) is 0 Å². The van der Waals surface area contributed by atoms with Gasteiger partial charge in [0.05, 0.1) is 30.3 Å². The van der Waals surface area contributed by atoms with Crippen LogP contribution < -0.4 is 5.32 Å². The fourth-order valence-corrected chi connectivity index (χ4v) is 2.00. The maximum absolute atomic E-state index is 5.18. The number of hydrogen-bond donors (Lipinski definition) is 1. The smallest absolute Gasteiger partial charge is 0.245 e. The van der Waals surface area contributed by atoms with Gasteiger partial charge in [-0.2, -0.15) is 10.1 Å². The van der Waals surface area contributed by atoms with Gasteiger partial charge in [0.25, 0.3) is 0 Å². The van der Waals surface area contributed by atoms with E-state index in [1.54, 1.807) is 6.20 Å². The summed E-state index contributed by atoms with van der Waals surface area (Å²) in [6.45, 7) is 2.59. The van der Waals surface area contributed by atoms with E-state index in [0.29, 0.717) is 12.4 Å². The first-order valence-corrected chi connectivity index (χ1v) is 7.00. The van der Waals surface area contributed by atoms with Gasteiger partial charge in [-0.1, -0.05) is 30.3 Å². The van der Waals surface area contributed by atoms with E-state index in [4.69, 9.17) is 4.52 Å². The number of anilines is 1. The molecule has 0 aliphatic heterocycles. The molecule has 6 nitrogen and oxygen atoms in total. The zero-order chi connectivity index (χ0) is 14.5. The molecule has 3 aromatic rings. The topological polar surface area (TPSA) is 68.8 Å². The fraction of sp³-hybridized carbons (Fsp3) is 0.267. The molecule has 1 aromatic carbocycles. The zero-order valence-corrected chi connectivity index (χ0v) is 11.9. The number of para-hydroxylation sites is 1. The molecule has 0 atom stereocenters. The van der Waals surface area contributed by atoms with Gasteiger partial charge in [0.15, 0.2) is 5.82 Å². The number of nitrogens with zero attached hydrogens (tertiary/aromatic N) is 4. The first-order valence-electron chi connectivity index (χ1n) is 7.00. The Hall–Kier alpha value is -2.63. The van der Waals surface area contributed by atoms with Gasteiger partial charge in [-0.3, -0.25) is 0 Å². The highest BCUT2D eigenvalue weighted by atomic mass is 16.5. The van der Waals surface area contributed by atoms with E-state index in [2.05, 4.69) is 27.5 Å². The van der Waals surface area contributed by atoms with Crippen molar-refractivity contribution in [3.8, 4) is 5.69 Å². The summed E-state index contributed by atoms with van der Waals surface area (Å²) in [6, 6.07) is 9.96. The monoisotopic (exact) mass is 283 g/mol. The van der Waals surface area contributed by atoms with Gasteiger partial charge in [-0.25, -0.2) is 4.68 Å². The molecule has 1 N–H and O–H groups in total. The summed E-state index contributed by atoms with van der Waals surface area (Å²) in [4.78, 5) is 4.31. The SMILES string of the molecule is CCCc1noc(CNc2cnn(-c3ccccc3)c2)n1. The van der Waals surface area contributed by atoms with Crippen LogP contribution in [0.4, 0.5) is 5.69 Å². The van der Waals surface area contributed by atoms with Gasteiger partial charge >= 0.3 is 0 Å². The Balaban J connectivity index is 1.62. The van der Waals surface area contributed by atoms with Crippen LogP contribution in [0.3, 0.4) is 0 Å². The van der Waals surface area contributed by atoms with Crippen molar-refractivity contribution in [2.45, 2.75) is 26.3 Å². The second-order valence-corrected chi connectivity index (χ2v) is 4.72. The molecule has 108 valence electrons. The third-order valence-electron chi connectivity index (χ3n) is 3.03. The van der Waals surface area contributed by atoms with Gasteiger partial charge in [0.1, 0.15) is 0 Å². The van der Waals surface area contributed by atoms with E-state index in [1.165, 1.54) is 0 Å². The summed E-state index contributed by atoms with van der Waals surface area (Å²) < 4.78 is 7.00. The van der Waals surface area contributed by atoms with Gasteiger partial charge in [-0.05, 0) is 18.6 Å². The number of rotatable bonds is 6. The third-order valence-corrected chi connectivity index (χ3v) is 3.03. The van der Waals surface area contributed by atoms with Crippen LogP contribution >= 0.6 is 0 Å². The minimum absolute atomic E-state index is 0.497. The van der Waals surface area contributed by atoms with Crippen LogP contribution in [0.1, 0.15) is 25.1 Å². The van der Waals surface area contributed by atoms with Gasteiger partial charge < -0.3 is 9.84 Å². The van der Waals surface area contributed by atoms with Crippen LogP contribution in [0.2, 0.25) is 0 Å². The molecule has 3 rings (SSSR count). The second-order valence-electron chi connectivity index (χ2n) is 4.72. The molecular weight excluding hydrogens is 266 g/mol. The Morgan fingerprint density at radius 1 is 1.24 bits per heavy atom. The molecule has 0 aliphatic rings. The Bertz CT molecular complexity index is 689. The molecule has 0 amide bonds. The highest BCUT2D eigenvalue weighted by Gasteiger charge is 2.06. The minimum atomic E-state index is 0.497. The molecule has 0 saturated carbocycles. The minimum Gasteiger partial charge on any atom is -0.374 e. The summed E-state index contributed by atoms with van der Waals surface area (Å²) in [5.74, 6) is 1.35. The molecule has 6 heteroatoms. The van der Waals surface area contributed by atoms with Crippen LogP contribution in [-0.2, 0) is 13.0 Å². The molecule has 2 aromatic heterocycles. The average molecular weight is 283 g/mol. The lowest BCUT2D eigenvalue weighted by atomic mass is 10.3. The van der Waals surface area contributed by atoms with Gasteiger partial charge in [-0.15, -0.1) is 0 Å². The van der Waals surface area contributed by atoms with Crippen molar-refractivity contribution in [3.63, 3.8) is 0 Å². The lowest BCUT2D eigenvalue weighted by Crippen LogP contribution is -1.99. The molecule has 0 spiro atoms. The molecule has 21 heavy (non-hydrogen) atoms. The van der Waals surface area contributed by atoms with Crippen molar-refractivity contribution in [3.05, 3.63) is 54.4 Å². The number of nitrogens with one attached hydrogen (secondary N) is 1. The van der Waals surface area contributed by atoms with Gasteiger partial charge in [0.2, 0.25) is 5.89 Å². The Morgan fingerprint density at radius 2 is 2.10 bits per heavy atom. The summed E-state index contributed by atoms with van der Waals surface area (Å²) in [5, 5.41) is 11.5. The van der Waals surface area contributed by atoms with Crippen LogP contribution in [-0.4, -0.2) is 19.9 Å². The molecule has 0 fully saturated rings. The average Bonchev–Trinajstić information content (AvgIpc) is 3.16. The predicted octanol–water partition coefficient (Wildman–Crippen LogP) is 2.82. The van der Waals surface area contributed by atoms with Crippen LogP contribution in [0, 0.1) is 0 Å². The number of aromatic nitrogens is 4. The van der Waals surface area contributed by atoms with Crippen molar-refractivity contribution >= 4 is 5.69 Å². The van der Waals surface area contributed by atoms with Crippen molar-refractivity contribution in [2.75, 3.05) is 5.32 Å². The van der Waals surface area contributed by atoms with Crippen molar-refractivity contribution in [1.29, 1.82) is 0 Å². The standard InChI is InChI=1S/C15H17N5O/c1-2-6-14-18-15(21-19-14)10-16-12-9-17-20(11-12)13-7-4-3-5-8-13/h3-5,7-9,11,16H,2,6,10H2,1H3. The van der Waals surface area contributed by atoms with Crippen molar-refractivity contribution < 1.29 is 4.52 Å². The van der Waals surface area contributed by atoms with E-state index in [1.807, 2.05) is 41.2 Å². The maximum Gasteiger partial charge on any atom is 0.245 e. The van der Waals surface area contributed by atoms with Crippen molar-refractivity contribution in [2.24, 2.45) is 0 Å². The maximum atomic E-state index is 5.18. The van der Waals surface area contributed by atoms with E-state index >= 15 is 0 Å². The predicted molar refractivity (Wildman–Crippen MR) is 79.2 cm³/mol. The molecule has 0 saturated heterocycles. The molecule has 2 heterocycles. The third kappa shape index (κ3) is 3.28. The highest BCUT2D eigenvalue weighted by Crippen LogP contribution is 2.12. The second kappa shape index (κ2) is 6.21.